The predicted octanol–water partition coefficient (Wildman–Crippen LogP) is 5.13. The van der Waals surface area contributed by atoms with Gasteiger partial charge in [-0.15, -0.1) is 11.3 Å². The van der Waals surface area contributed by atoms with Crippen LogP contribution < -0.4 is 11.1 Å². The number of phenolic OH excluding ortho intramolecular Hbond substituents is 2. The molecule has 3 aromatic rings. The second-order valence-electron chi connectivity index (χ2n) is 7.76. The zero-order valence-electron chi connectivity index (χ0n) is 18.3. The van der Waals surface area contributed by atoms with E-state index in [9.17, 15) is 38.3 Å². The summed E-state index contributed by atoms with van der Waals surface area (Å²) in [7, 11) is 0. The van der Waals surface area contributed by atoms with E-state index in [1.54, 1.807) is 0 Å². The number of nitrogens with two attached hydrogens (primary N) is 1. The third-order valence-corrected chi connectivity index (χ3v) is 6.27. The van der Waals surface area contributed by atoms with E-state index in [4.69, 9.17) is 5.73 Å². The van der Waals surface area contributed by atoms with Crippen LogP contribution in [0.1, 0.15) is 36.8 Å². The summed E-state index contributed by atoms with van der Waals surface area (Å²) in [6.07, 6.45) is -3.11. The van der Waals surface area contributed by atoms with Gasteiger partial charge in [-0.25, -0.2) is 4.98 Å². The van der Waals surface area contributed by atoms with Crippen LogP contribution in [0.4, 0.5) is 24.5 Å². The van der Waals surface area contributed by atoms with Crippen molar-refractivity contribution in [3.63, 3.8) is 0 Å². The molecule has 9 nitrogen and oxygen atoms in total. The van der Waals surface area contributed by atoms with Crippen LogP contribution in [-0.2, 0) is 16.5 Å². The van der Waals surface area contributed by atoms with Crippen LogP contribution in [-0.4, -0.2) is 26.0 Å². The van der Waals surface area contributed by atoms with Gasteiger partial charge < -0.3 is 21.3 Å². The van der Waals surface area contributed by atoms with Gasteiger partial charge in [-0.2, -0.15) is 13.2 Å². The molecule has 0 saturated heterocycles. The number of carbonyl (C=O) groups is 1. The average Bonchev–Trinajstić information content (AvgIpc) is 3.29. The number of nitrogens with one attached hydrogen (secondary N) is 1. The molecule has 0 fully saturated rings. The minimum atomic E-state index is -4.52. The molecular weight excluding hydrogens is 489 g/mol. The van der Waals surface area contributed by atoms with Crippen LogP contribution in [0.5, 0.6) is 11.5 Å². The Kier molecular flexibility index (Phi) is 7.31. The Bertz CT molecular complexity index is 1250. The number of rotatable bonds is 8. The molecule has 0 aliphatic rings. The van der Waals surface area contributed by atoms with Gasteiger partial charge in [0, 0.05) is 22.7 Å². The summed E-state index contributed by atoms with van der Waals surface area (Å²) < 4.78 is 38.4. The molecule has 35 heavy (non-hydrogen) atoms. The highest BCUT2D eigenvalue weighted by molar-refractivity contribution is 7.10. The van der Waals surface area contributed by atoms with Crippen molar-refractivity contribution in [3.8, 4) is 22.8 Å². The molecule has 1 aromatic heterocycles. The van der Waals surface area contributed by atoms with Gasteiger partial charge in [-0.1, -0.05) is 19.8 Å². The highest BCUT2D eigenvalue weighted by Gasteiger charge is 2.39. The molecule has 13 heteroatoms. The normalized spacial score (nSPS) is 13.3. The molecule has 186 valence electrons. The number of amides is 1. The number of aromatic nitrogens is 1. The zero-order valence-corrected chi connectivity index (χ0v) is 19.1. The van der Waals surface area contributed by atoms with Crippen molar-refractivity contribution in [2.45, 2.75) is 37.9 Å². The van der Waals surface area contributed by atoms with Crippen LogP contribution in [0, 0.1) is 10.1 Å². The van der Waals surface area contributed by atoms with Crippen molar-refractivity contribution in [2.24, 2.45) is 5.73 Å². The summed E-state index contributed by atoms with van der Waals surface area (Å²) in [5.41, 5.74) is 3.66. The van der Waals surface area contributed by atoms with Gasteiger partial charge >= 0.3 is 11.9 Å². The fourth-order valence-corrected chi connectivity index (χ4v) is 4.23. The fraction of sp³-hybridized carbons (Fsp3) is 0.273. The SMILES string of the molecule is CCCCC(N)(C(=O)Nc1ccc(C(F)(F)F)cc1)c1nc(-c2cc(O)c(O)c([N+](=O)[O-])c2)cs1. The zero-order chi connectivity index (χ0) is 26.0. The first-order valence-corrected chi connectivity index (χ1v) is 11.2. The maximum absolute atomic E-state index is 13.2. The Morgan fingerprint density at radius 3 is 2.46 bits per heavy atom. The van der Waals surface area contributed by atoms with Crippen molar-refractivity contribution in [1.29, 1.82) is 0 Å². The van der Waals surface area contributed by atoms with Crippen molar-refractivity contribution < 1.29 is 33.1 Å². The Hall–Kier alpha value is -3.71. The summed E-state index contributed by atoms with van der Waals surface area (Å²) in [4.78, 5) is 27.8. The fourth-order valence-electron chi connectivity index (χ4n) is 3.26. The molecule has 0 aliphatic carbocycles. The number of hydrogen-bond donors (Lipinski definition) is 4. The number of halogens is 3. The number of carbonyl (C=O) groups excluding carboxylic acids is 1. The molecule has 3 rings (SSSR count). The Morgan fingerprint density at radius 2 is 1.89 bits per heavy atom. The lowest BCUT2D eigenvalue weighted by atomic mass is 9.93. The van der Waals surface area contributed by atoms with Gasteiger partial charge in [0.1, 0.15) is 10.5 Å². The number of nitro benzene ring substituents is 1. The lowest BCUT2D eigenvalue weighted by Crippen LogP contribution is -2.48. The van der Waals surface area contributed by atoms with E-state index < -0.39 is 45.3 Å². The molecule has 0 aliphatic heterocycles. The van der Waals surface area contributed by atoms with E-state index in [1.165, 1.54) is 5.38 Å². The summed E-state index contributed by atoms with van der Waals surface area (Å²) >= 11 is 1.01. The minimum absolute atomic E-state index is 0.116. The lowest BCUT2D eigenvalue weighted by Gasteiger charge is -2.26. The average molecular weight is 510 g/mol. The number of benzene rings is 2. The molecule has 1 atom stereocenters. The van der Waals surface area contributed by atoms with Crippen molar-refractivity contribution in [1.82, 2.24) is 4.98 Å². The second kappa shape index (κ2) is 9.88. The van der Waals surface area contributed by atoms with E-state index in [1.807, 2.05) is 6.92 Å². The van der Waals surface area contributed by atoms with Gasteiger partial charge in [0.15, 0.2) is 5.75 Å². The van der Waals surface area contributed by atoms with Crippen molar-refractivity contribution >= 4 is 28.6 Å². The number of hydrogen-bond acceptors (Lipinski definition) is 8. The Morgan fingerprint density at radius 1 is 1.23 bits per heavy atom. The monoisotopic (exact) mass is 510 g/mol. The molecule has 0 saturated carbocycles. The number of thiazole rings is 1. The first kappa shape index (κ1) is 25.9. The topological polar surface area (TPSA) is 152 Å². The maximum atomic E-state index is 13.2. The van der Waals surface area contributed by atoms with E-state index in [0.717, 1.165) is 47.7 Å². The van der Waals surface area contributed by atoms with Crippen LogP contribution >= 0.6 is 11.3 Å². The number of aromatic hydroxyl groups is 2. The first-order valence-electron chi connectivity index (χ1n) is 10.3. The molecule has 1 unspecified atom stereocenters. The highest BCUT2D eigenvalue weighted by atomic mass is 32.1. The van der Waals surface area contributed by atoms with Gasteiger partial charge in [0.2, 0.25) is 5.75 Å². The molecule has 0 radical (unpaired) electrons. The van der Waals surface area contributed by atoms with Gasteiger partial charge in [0.25, 0.3) is 5.91 Å². The quantitative estimate of drug-likeness (QED) is 0.186. The molecule has 2 aromatic carbocycles. The number of nitrogens with zero attached hydrogens (tertiary/aromatic N) is 2. The molecule has 0 spiro atoms. The van der Waals surface area contributed by atoms with Crippen molar-refractivity contribution in [3.05, 3.63) is 62.5 Å². The van der Waals surface area contributed by atoms with E-state index in [0.29, 0.717) is 12.8 Å². The first-order chi connectivity index (χ1) is 16.4. The molecule has 1 amide bonds. The number of anilines is 1. The summed E-state index contributed by atoms with van der Waals surface area (Å²) in [5.74, 6) is -2.29. The maximum Gasteiger partial charge on any atom is 0.416 e. The number of alkyl halides is 3. The smallest absolute Gasteiger partial charge is 0.416 e. The Labute approximate surface area is 201 Å². The minimum Gasteiger partial charge on any atom is -0.504 e. The van der Waals surface area contributed by atoms with Gasteiger partial charge in [-0.3, -0.25) is 14.9 Å². The van der Waals surface area contributed by atoms with Crippen LogP contribution in [0.15, 0.2) is 41.8 Å². The summed E-state index contributed by atoms with van der Waals surface area (Å²) in [5, 5.41) is 34.9. The highest BCUT2D eigenvalue weighted by Crippen LogP contribution is 2.40. The predicted molar refractivity (Wildman–Crippen MR) is 123 cm³/mol. The molecule has 5 N–H and O–H groups in total. The number of unbranched alkanes of at least 4 members (excludes halogenated alkanes) is 1. The largest absolute Gasteiger partial charge is 0.504 e. The van der Waals surface area contributed by atoms with Crippen molar-refractivity contribution in [2.75, 3.05) is 5.32 Å². The number of nitro groups is 1. The van der Waals surface area contributed by atoms with Crippen LogP contribution in [0.25, 0.3) is 11.3 Å². The molecule has 1 heterocycles. The Balaban J connectivity index is 1.94. The molecular formula is C22H21F3N4O5S. The molecule has 0 bridgehead atoms. The summed E-state index contributed by atoms with van der Waals surface area (Å²) in [6, 6.07) is 6.03. The van der Waals surface area contributed by atoms with Crippen LogP contribution in [0.3, 0.4) is 0 Å². The van der Waals surface area contributed by atoms with E-state index in [-0.39, 0.29) is 28.4 Å². The van der Waals surface area contributed by atoms with Gasteiger partial charge in [-0.05, 0) is 36.8 Å². The van der Waals surface area contributed by atoms with Gasteiger partial charge in [0.05, 0.1) is 16.2 Å². The third kappa shape index (κ3) is 5.52. The third-order valence-electron chi connectivity index (χ3n) is 5.25. The van der Waals surface area contributed by atoms with E-state index >= 15 is 0 Å². The van der Waals surface area contributed by atoms with E-state index in [2.05, 4.69) is 10.3 Å². The summed E-state index contributed by atoms with van der Waals surface area (Å²) in [6.45, 7) is 1.89. The van der Waals surface area contributed by atoms with Crippen LogP contribution in [0.2, 0.25) is 0 Å². The lowest BCUT2D eigenvalue weighted by molar-refractivity contribution is -0.385. The second-order valence-corrected chi connectivity index (χ2v) is 8.62. The number of phenols is 2. The standard InChI is InChI=1S/C22H21F3N4O5S/c1-2-3-8-21(26,19(32)27-14-6-4-13(5-7-14)22(23,24)25)20-28-15(11-35-20)12-9-16(29(33)34)18(31)17(30)10-12/h4-7,9-11,30-31H,2-3,8,26H2,1H3,(H,27,32).